The zero-order chi connectivity index (χ0) is 17.5. The van der Waals surface area contributed by atoms with Gasteiger partial charge in [0.2, 0.25) is 0 Å². The molecule has 3 heteroatoms. The van der Waals surface area contributed by atoms with Gasteiger partial charge < -0.3 is 15.1 Å². The monoisotopic (exact) mass is 330 g/mol. The molecule has 0 spiro atoms. The van der Waals surface area contributed by atoms with Gasteiger partial charge in [-0.05, 0) is 37.7 Å². The highest BCUT2D eigenvalue weighted by Crippen LogP contribution is 2.53. The van der Waals surface area contributed by atoms with Crippen LogP contribution in [0.5, 0.6) is 0 Å². The molecule has 0 heterocycles. The second kappa shape index (κ2) is 8.67. The van der Waals surface area contributed by atoms with Crippen LogP contribution >= 0.6 is 0 Å². The number of likely N-dealkylation sites (N-methyl/N-ethyl adjacent to an activating group) is 1. The normalized spacial score (nSPS) is 20.0. The van der Waals surface area contributed by atoms with E-state index in [0.717, 1.165) is 31.4 Å². The highest BCUT2D eigenvalue weighted by Gasteiger charge is 2.50. The van der Waals surface area contributed by atoms with Gasteiger partial charge in [0.1, 0.15) is 13.1 Å². The molecule has 2 rings (SSSR count). The number of aliphatic hydroxyl groups is 2. The van der Waals surface area contributed by atoms with E-state index in [0.29, 0.717) is 13.1 Å². The third-order valence-corrected chi connectivity index (χ3v) is 5.77. The summed E-state index contributed by atoms with van der Waals surface area (Å²) in [6.07, 6.45) is 5.34. The van der Waals surface area contributed by atoms with Crippen LogP contribution in [0.3, 0.4) is 0 Å². The molecule has 2 atom stereocenters. The molecule has 0 aromatic heterocycles. The Bertz CT molecular complexity index is 554. The summed E-state index contributed by atoms with van der Waals surface area (Å²) >= 11 is 0. The number of quaternary nitrogens is 1. The van der Waals surface area contributed by atoms with Crippen LogP contribution in [-0.2, 0) is 5.60 Å². The lowest BCUT2D eigenvalue weighted by molar-refractivity contribution is -0.891. The Balaban J connectivity index is 2.34. The zero-order valence-electron chi connectivity index (χ0n) is 15.1. The molecule has 3 N–H and O–H groups in total. The van der Waals surface area contributed by atoms with Crippen molar-refractivity contribution in [2.24, 2.45) is 5.41 Å². The lowest BCUT2D eigenvalue weighted by atomic mass is 9.65. The molecule has 1 aromatic carbocycles. The van der Waals surface area contributed by atoms with Gasteiger partial charge in [0, 0.05) is 5.41 Å². The molecule has 0 aliphatic heterocycles. The van der Waals surface area contributed by atoms with Crippen LogP contribution in [0.1, 0.15) is 51.5 Å². The molecule has 0 amide bonds. The third kappa shape index (κ3) is 3.83. The van der Waals surface area contributed by atoms with Gasteiger partial charge in [-0.25, -0.2) is 0 Å². The van der Waals surface area contributed by atoms with Gasteiger partial charge in [-0.1, -0.05) is 56.0 Å². The van der Waals surface area contributed by atoms with Crippen molar-refractivity contribution >= 4 is 0 Å². The fraction of sp³-hybridized carbons (Fsp3) is 0.619. The third-order valence-electron chi connectivity index (χ3n) is 5.77. The predicted octanol–water partition coefficient (Wildman–Crippen LogP) is 1.75. The fourth-order valence-electron chi connectivity index (χ4n) is 4.06. The number of hydrogen-bond acceptors (Lipinski definition) is 2. The summed E-state index contributed by atoms with van der Waals surface area (Å²) in [5.41, 5.74) is -0.316. The Labute approximate surface area is 146 Å². The Hall–Kier alpha value is -1.34. The lowest BCUT2D eigenvalue weighted by Gasteiger charge is -2.41. The Kier molecular flexibility index (Phi) is 6.86. The van der Waals surface area contributed by atoms with Crippen molar-refractivity contribution in [3.63, 3.8) is 0 Å². The largest absolute Gasteiger partial charge is 0.391 e. The summed E-state index contributed by atoms with van der Waals surface area (Å²) in [6, 6.07) is 9.95. The van der Waals surface area contributed by atoms with E-state index in [1.54, 1.807) is 0 Å². The molecule has 1 unspecified atom stereocenters. The van der Waals surface area contributed by atoms with Crippen LogP contribution in [-0.4, -0.2) is 36.5 Å². The molecule has 1 aliphatic carbocycles. The van der Waals surface area contributed by atoms with E-state index in [-0.39, 0.29) is 12.0 Å². The summed E-state index contributed by atoms with van der Waals surface area (Å²) in [4.78, 5) is 1.25. The molecule has 24 heavy (non-hydrogen) atoms. The molecule has 3 nitrogen and oxygen atoms in total. The first-order chi connectivity index (χ1) is 11.6. The minimum atomic E-state index is -1.09. The van der Waals surface area contributed by atoms with Crippen molar-refractivity contribution in [1.29, 1.82) is 0 Å². The Morgan fingerprint density at radius 1 is 1.17 bits per heavy atom. The minimum absolute atomic E-state index is 0.148. The molecule has 0 radical (unpaired) electrons. The van der Waals surface area contributed by atoms with Crippen molar-refractivity contribution in [1.82, 2.24) is 0 Å². The molecular weight excluding hydrogens is 298 g/mol. The summed E-state index contributed by atoms with van der Waals surface area (Å²) in [5.74, 6) is 6.52. The van der Waals surface area contributed by atoms with Crippen LogP contribution in [0, 0.1) is 17.3 Å². The Morgan fingerprint density at radius 3 is 2.38 bits per heavy atom. The van der Waals surface area contributed by atoms with Crippen LogP contribution < -0.4 is 4.90 Å². The summed E-state index contributed by atoms with van der Waals surface area (Å²) in [6.45, 7) is 6.74. The van der Waals surface area contributed by atoms with Gasteiger partial charge in [0.25, 0.3) is 0 Å². The first kappa shape index (κ1) is 19.0. The quantitative estimate of drug-likeness (QED) is 0.667. The van der Waals surface area contributed by atoms with Crippen molar-refractivity contribution in [2.75, 3.05) is 26.2 Å². The predicted molar refractivity (Wildman–Crippen MR) is 97.6 cm³/mol. The van der Waals surface area contributed by atoms with Gasteiger partial charge in [-0.2, -0.15) is 0 Å². The SMILES string of the molecule is CC[NH+](CC#C[C@@](O)(c1ccccc1)C1(CC)CCCC1)CCO. The van der Waals surface area contributed by atoms with Gasteiger partial charge in [-0.3, -0.25) is 0 Å². The second-order valence-electron chi connectivity index (χ2n) is 6.97. The maximum atomic E-state index is 11.7. The van der Waals surface area contributed by atoms with Gasteiger partial charge in [0.05, 0.1) is 13.2 Å². The molecule has 0 saturated heterocycles. The smallest absolute Gasteiger partial charge is 0.156 e. The molecule has 1 aromatic rings. The van der Waals surface area contributed by atoms with Crippen molar-refractivity contribution in [3.05, 3.63) is 35.9 Å². The summed E-state index contributed by atoms with van der Waals surface area (Å²) in [7, 11) is 0. The molecule has 1 saturated carbocycles. The number of rotatable bonds is 7. The van der Waals surface area contributed by atoms with Crippen LogP contribution in [0.15, 0.2) is 30.3 Å². The first-order valence-corrected chi connectivity index (χ1v) is 9.34. The lowest BCUT2D eigenvalue weighted by Crippen LogP contribution is -3.12. The van der Waals surface area contributed by atoms with Crippen molar-refractivity contribution in [2.45, 2.75) is 51.6 Å². The fourth-order valence-corrected chi connectivity index (χ4v) is 4.06. The Morgan fingerprint density at radius 2 is 1.83 bits per heavy atom. The van der Waals surface area contributed by atoms with E-state index in [4.69, 9.17) is 5.11 Å². The van der Waals surface area contributed by atoms with E-state index in [2.05, 4.69) is 25.7 Å². The summed E-state index contributed by atoms with van der Waals surface area (Å²) < 4.78 is 0. The zero-order valence-corrected chi connectivity index (χ0v) is 15.1. The van der Waals surface area contributed by atoms with Crippen LogP contribution in [0.2, 0.25) is 0 Å². The maximum absolute atomic E-state index is 11.7. The number of hydrogen-bond donors (Lipinski definition) is 3. The number of benzene rings is 1. The standard InChI is InChI=1S/C21H31NO2/c1-3-20(13-8-9-14-20)21(24,19-11-6-5-7-12-19)15-10-16-22(4-2)17-18-23/h5-7,11-12,23-24H,3-4,8-9,13-14,16-18H2,1-2H3/p+1/t21-/m1/s1. The maximum Gasteiger partial charge on any atom is 0.156 e. The number of aliphatic hydroxyl groups excluding tert-OH is 1. The van der Waals surface area contributed by atoms with E-state index < -0.39 is 5.60 Å². The van der Waals surface area contributed by atoms with Crippen molar-refractivity contribution in [3.8, 4) is 11.8 Å². The van der Waals surface area contributed by atoms with Gasteiger partial charge in [-0.15, -0.1) is 0 Å². The highest BCUT2D eigenvalue weighted by atomic mass is 16.3. The first-order valence-electron chi connectivity index (χ1n) is 9.34. The number of nitrogens with one attached hydrogen (secondary N) is 1. The summed E-state index contributed by atoms with van der Waals surface area (Å²) in [5, 5.41) is 20.9. The molecule has 1 fully saturated rings. The van der Waals surface area contributed by atoms with Crippen molar-refractivity contribution < 1.29 is 15.1 Å². The second-order valence-corrected chi connectivity index (χ2v) is 6.97. The van der Waals surface area contributed by atoms with Crippen LogP contribution in [0.25, 0.3) is 0 Å². The minimum Gasteiger partial charge on any atom is -0.391 e. The van der Waals surface area contributed by atoms with E-state index in [9.17, 15) is 5.11 Å². The average Bonchev–Trinajstić information content (AvgIpc) is 3.12. The van der Waals surface area contributed by atoms with E-state index in [1.807, 2.05) is 30.3 Å². The van der Waals surface area contributed by atoms with E-state index >= 15 is 0 Å². The van der Waals surface area contributed by atoms with Gasteiger partial charge >= 0.3 is 0 Å². The molecule has 1 aliphatic rings. The molecule has 132 valence electrons. The highest BCUT2D eigenvalue weighted by molar-refractivity contribution is 5.36. The molecule has 0 bridgehead atoms. The molecular formula is C21H32NO2+. The van der Waals surface area contributed by atoms with Crippen LogP contribution in [0.4, 0.5) is 0 Å². The topological polar surface area (TPSA) is 44.9 Å². The average molecular weight is 330 g/mol. The van der Waals surface area contributed by atoms with E-state index in [1.165, 1.54) is 17.7 Å². The van der Waals surface area contributed by atoms with Gasteiger partial charge in [0.15, 0.2) is 5.60 Å².